The van der Waals surface area contributed by atoms with Crippen molar-refractivity contribution < 1.29 is 61.3 Å². The van der Waals surface area contributed by atoms with Gasteiger partial charge in [0.05, 0.1) is 71.8 Å². The minimum atomic E-state index is -1.66. The lowest BCUT2D eigenvalue weighted by Crippen LogP contribution is -2.41. The summed E-state index contributed by atoms with van der Waals surface area (Å²) in [5.74, 6) is -0.732. The van der Waals surface area contributed by atoms with E-state index in [2.05, 4.69) is 26.7 Å². The quantitative estimate of drug-likeness (QED) is 0.0443. The van der Waals surface area contributed by atoms with Crippen LogP contribution in [0, 0.1) is 16.7 Å². The molecule has 0 spiro atoms. The highest BCUT2D eigenvalue weighted by Gasteiger charge is 2.36. The molecule has 0 aliphatic heterocycles. The molecule has 0 heterocycles. The number of nitrogens with one attached hydrogen (secondary N) is 3. The van der Waals surface area contributed by atoms with Gasteiger partial charge in [-0.15, -0.1) is 0 Å². The molecule has 3 amide bonds. The fourth-order valence-electron chi connectivity index (χ4n) is 5.60. The van der Waals surface area contributed by atoms with Crippen LogP contribution in [0.2, 0.25) is 0 Å². The lowest BCUT2D eigenvalue weighted by atomic mass is 9.85. The van der Waals surface area contributed by atoms with Gasteiger partial charge in [0.15, 0.2) is 18.9 Å². The Balaban J connectivity index is 6.32. The summed E-state index contributed by atoms with van der Waals surface area (Å²) in [6, 6.07) is 2.21. The zero-order valence-corrected chi connectivity index (χ0v) is 38.6. The SMILES string of the molecule is CCOC(CNC(=O)CCOCC(CCC(=O)NCC(OCC)OCC)(COCCC(=O)NCC(OCC)OCC)COP(OCCC#N)N(C(C)C)C(C)C)OCC. The highest BCUT2D eigenvalue weighted by atomic mass is 31.2. The maximum Gasteiger partial charge on any atom is 0.259 e. The first kappa shape index (κ1) is 56.9. The number of nitriles is 1. The minimum absolute atomic E-state index is 0.0438. The highest BCUT2D eigenvalue weighted by Crippen LogP contribution is 2.47. The van der Waals surface area contributed by atoms with Crippen molar-refractivity contribution in [2.45, 2.75) is 132 Å². The van der Waals surface area contributed by atoms with E-state index in [0.717, 1.165) is 0 Å². The summed E-state index contributed by atoms with van der Waals surface area (Å²) in [5, 5.41) is 17.8. The van der Waals surface area contributed by atoms with E-state index < -0.39 is 32.8 Å². The van der Waals surface area contributed by atoms with Gasteiger partial charge < -0.3 is 62.9 Å². The number of amides is 3. The van der Waals surface area contributed by atoms with E-state index in [9.17, 15) is 19.6 Å². The van der Waals surface area contributed by atoms with Crippen LogP contribution < -0.4 is 16.0 Å². The van der Waals surface area contributed by atoms with Gasteiger partial charge in [-0.3, -0.25) is 14.4 Å². The van der Waals surface area contributed by atoms with Crippen molar-refractivity contribution in [1.29, 1.82) is 5.26 Å². The lowest BCUT2D eigenvalue weighted by Gasteiger charge is -2.39. The van der Waals surface area contributed by atoms with Crippen molar-refractivity contribution in [3.63, 3.8) is 0 Å². The summed E-state index contributed by atoms with van der Waals surface area (Å²) in [6.45, 7) is 22.9. The summed E-state index contributed by atoms with van der Waals surface area (Å²) in [6.07, 6.45) is -1.08. The normalized spacial score (nSPS) is 12.6. The summed E-state index contributed by atoms with van der Waals surface area (Å²) in [7, 11) is -1.66. The van der Waals surface area contributed by atoms with Crippen LogP contribution in [0.1, 0.15) is 101 Å². The molecule has 0 fully saturated rings. The van der Waals surface area contributed by atoms with E-state index in [-0.39, 0.29) is 121 Å². The molecule has 346 valence electrons. The van der Waals surface area contributed by atoms with Crippen molar-refractivity contribution in [2.75, 3.05) is 98.9 Å². The third-order valence-electron chi connectivity index (χ3n) is 8.30. The predicted octanol–water partition coefficient (Wildman–Crippen LogP) is 4.40. The topological polar surface area (TPSA) is 207 Å². The van der Waals surface area contributed by atoms with Gasteiger partial charge in [0.2, 0.25) is 17.7 Å². The smallest absolute Gasteiger partial charge is 0.259 e. The third-order valence-corrected chi connectivity index (χ3v) is 10.4. The first-order valence-corrected chi connectivity index (χ1v) is 22.3. The van der Waals surface area contributed by atoms with E-state index in [1.54, 1.807) is 0 Å². The Bertz CT molecular complexity index is 1050. The second kappa shape index (κ2) is 36.5. The molecule has 0 saturated heterocycles. The van der Waals surface area contributed by atoms with Crippen LogP contribution in [0.5, 0.6) is 0 Å². The van der Waals surface area contributed by atoms with Crippen molar-refractivity contribution in [3.05, 3.63) is 0 Å². The van der Waals surface area contributed by atoms with Crippen LogP contribution in [0.25, 0.3) is 0 Å². The number of ether oxygens (including phenoxy) is 8. The second-order valence-electron chi connectivity index (χ2n) is 13.9. The van der Waals surface area contributed by atoms with Crippen molar-refractivity contribution in [1.82, 2.24) is 20.6 Å². The largest absolute Gasteiger partial charge is 0.380 e. The Morgan fingerprint density at radius 2 is 0.949 bits per heavy atom. The Labute approximate surface area is 355 Å². The number of rotatable bonds is 40. The number of carbonyl (C=O) groups excluding carboxylic acids is 3. The van der Waals surface area contributed by atoms with Crippen LogP contribution in [0.15, 0.2) is 0 Å². The molecule has 0 aliphatic rings. The van der Waals surface area contributed by atoms with Gasteiger partial charge in [0.1, 0.15) is 0 Å². The van der Waals surface area contributed by atoms with Crippen LogP contribution in [-0.4, -0.2) is 152 Å². The Morgan fingerprint density at radius 1 is 0.576 bits per heavy atom. The van der Waals surface area contributed by atoms with Crippen molar-refractivity contribution in [3.8, 4) is 6.07 Å². The van der Waals surface area contributed by atoms with Crippen LogP contribution >= 0.6 is 8.53 Å². The molecule has 0 bridgehead atoms. The van der Waals surface area contributed by atoms with Gasteiger partial charge in [0, 0.05) is 76.4 Å². The average Bonchev–Trinajstić information content (AvgIpc) is 3.19. The summed E-state index contributed by atoms with van der Waals surface area (Å²) in [4.78, 5) is 38.9. The third kappa shape index (κ3) is 28.2. The molecule has 0 saturated carbocycles. The molecule has 0 aromatic carbocycles. The molecule has 19 heteroatoms. The van der Waals surface area contributed by atoms with E-state index in [1.807, 2.05) is 69.2 Å². The van der Waals surface area contributed by atoms with Gasteiger partial charge in [-0.05, 0) is 75.7 Å². The zero-order valence-electron chi connectivity index (χ0n) is 37.7. The highest BCUT2D eigenvalue weighted by molar-refractivity contribution is 7.44. The molecule has 0 radical (unpaired) electrons. The maximum atomic E-state index is 13.3. The van der Waals surface area contributed by atoms with Gasteiger partial charge in [-0.2, -0.15) is 5.26 Å². The van der Waals surface area contributed by atoms with E-state index in [4.69, 9.17) is 46.9 Å². The standard InChI is InChI=1S/C40H78N5O13P/c1-11-51-37(52-12-2)26-42-34(46)18-21-40(29-49-24-19-35(47)43-27-38(53-13-3)54-14-4,30-50-25-20-36(48)44-28-39(55-15-5)56-16-6)31-58-59(57-23-17-22-41)45(32(7)8)33(9)10/h32-33,37-39H,11-21,23-31H2,1-10H3,(H,42,46)(H,43,47)(H,44,48). The number of hydrogen-bond acceptors (Lipinski definition) is 15. The molecule has 18 nitrogen and oxygen atoms in total. The molecular weight excluding hydrogens is 789 g/mol. The zero-order chi connectivity index (χ0) is 44.3. The number of hydrogen-bond donors (Lipinski definition) is 3. The van der Waals surface area contributed by atoms with Crippen LogP contribution in [-0.2, 0) is 61.3 Å². The summed E-state index contributed by atoms with van der Waals surface area (Å²) in [5.41, 5.74) is -0.938. The first-order chi connectivity index (χ1) is 28.3. The summed E-state index contributed by atoms with van der Waals surface area (Å²) >= 11 is 0. The molecule has 59 heavy (non-hydrogen) atoms. The molecule has 0 aromatic heterocycles. The molecule has 3 N–H and O–H groups in total. The number of nitrogens with zero attached hydrogens (tertiary/aromatic N) is 2. The first-order valence-electron chi connectivity index (χ1n) is 21.2. The molecule has 1 unspecified atom stereocenters. The predicted molar refractivity (Wildman–Crippen MR) is 224 cm³/mol. The Kier molecular flexibility index (Phi) is 35.2. The molecule has 0 aromatic rings. The van der Waals surface area contributed by atoms with E-state index in [0.29, 0.717) is 39.6 Å². The maximum absolute atomic E-state index is 13.3. The van der Waals surface area contributed by atoms with Crippen molar-refractivity contribution >= 4 is 26.2 Å². The second-order valence-corrected chi connectivity index (χ2v) is 15.3. The molecule has 0 rings (SSSR count). The van der Waals surface area contributed by atoms with Gasteiger partial charge in [-0.1, -0.05) is 0 Å². The fourth-order valence-corrected chi connectivity index (χ4v) is 7.33. The fraction of sp³-hybridized carbons (Fsp3) is 0.900. The van der Waals surface area contributed by atoms with Crippen LogP contribution in [0.3, 0.4) is 0 Å². The number of carbonyl (C=O) groups is 3. The van der Waals surface area contributed by atoms with E-state index >= 15 is 0 Å². The van der Waals surface area contributed by atoms with Gasteiger partial charge in [0.25, 0.3) is 8.53 Å². The minimum Gasteiger partial charge on any atom is -0.380 e. The monoisotopic (exact) mass is 868 g/mol. The lowest BCUT2D eigenvalue weighted by molar-refractivity contribution is -0.142. The van der Waals surface area contributed by atoms with Gasteiger partial charge >= 0.3 is 0 Å². The van der Waals surface area contributed by atoms with Crippen molar-refractivity contribution in [2.24, 2.45) is 5.41 Å². The van der Waals surface area contributed by atoms with Gasteiger partial charge in [-0.25, -0.2) is 4.67 Å². The Morgan fingerprint density at radius 3 is 1.29 bits per heavy atom. The molecular formula is C40H78N5O13P. The Hall–Kier alpha value is -2.11. The summed E-state index contributed by atoms with van der Waals surface area (Å²) < 4.78 is 60.6. The molecule has 1 atom stereocenters. The molecule has 0 aliphatic carbocycles. The average molecular weight is 868 g/mol. The van der Waals surface area contributed by atoms with E-state index in [1.165, 1.54) is 0 Å². The van der Waals surface area contributed by atoms with Crippen LogP contribution in [0.4, 0.5) is 0 Å².